The lowest BCUT2D eigenvalue weighted by atomic mass is 10.2. The lowest BCUT2D eigenvalue weighted by Crippen LogP contribution is -2.15. The van der Waals surface area contributed by atoms with Gasteiger partial charge < -0.3 is 15.8 Å². The molecule has 0 radical (unpaired) electrons. The van der Waals surface area contributed by atoms with Crippen LogP contribution in [0.4, 0.5) is 11.5 Å². The van der Waals surface area contributed by atoms with Gasteiger partial charge in [-0.2, -0.15) is 0 Å². The third-order valence-electron chi connectivity index (χ3n) is 3.49. The van der Waals surface area contributed by atoms with Crippen molar-refractivity contribution in [3.63, 3.8) is 0 Å². The van der Waals surface area contributed by atoms with Crippen LogP contribution in [-0.4, -0.2) is 10.9 Å². The third kappa shape index (κ3) is 4.45. The molecule has 0 saturated carbocycles. The van der Waals surface area contributed by atoms with Crippen molar-refractivity contribution in [2.75, 3.05) is 11.1 Å². The molecule has 0 fully saturated rings. The van der Waals surface area contributed by atoms with Crippen molar-refractivity contribution in [2.45, 2.75) is 6.92 Å². The van der Waals surface area contributed by atoms with Gasteiger partial charge in [-0.1, -0.05) is 23.2 Å². The van der Waals surface area contributed by atoms with E-state index < -0.39 is 0 Å². The van der Waals surface area contributed by atoms with Crippen molar-refractivity contribution in [3.05, 3.63) is 75.9 Å². The summed E-state index contributed by atoms with van der Waals surface area (Å²) in [6, 6.07) is 15.2. The Morgan fingerprint density at radius 3 is 2.27 bits per heavy atom. The highest BCUT2D eigenvalue weighted by molar-refractivity contribution is 6.34. The van der Waals surface area contributed by atoms with Gasteiger partial charge in [-0.05, 0) is 61.5 Å². The number of carbonyl (C=O) groups is 1. The molecule has 0 aliphatic carbocycles. The summed E-state index contributed by atoms with van der Waals surface area (Å²) in [6.45, 7) is 1.81. The fourth-order valence-corrected chi connectivity index (χ4v) is 2.80. The summed E-state index contributed by atoms with van der Waals surface area (Å²) in [6.07, 6.45) is 0. The van der Waals surface area contributed by atoms with E-state index in [1.54, 1.807) is 54.6 Å². The van der Waals surface area contributed by atoms with E-state index >= 15 is 0 Å². The smallest absolute Gasteiger partial charge is 0.259 e. The Morgan fingerprint density at radius 2 is 1.65 bits per heavy atom. The van der Waals surface area contributed by atoms with Gasteiger partial charge >= 0.3 is 0 Å². The lowest BCUT2D eigenvalue weighted by molar-refractivity contribution is 0.102. The molecule has 0 spiro atoms. The van der Waals surface area contributed by atoms with Crippen LogP contribution in [0, 0.1) is 6.92 Å². The Labute approximate surface area is 160 Å². The van der Waals surface area contributed by atoms with E-state index in [9.17, 15) is 4.79 Å². The highest BCUT2D eigenvalue weighted by Crippen LogP contribution is 2.29. The normalized spacial score (nSPS) is 10.4. The number of pyridine rings is 1. The highest BCUT2D eigenvalue weighted by Gasteiger charge is 2.11. The predicted octanol–water partition coefficient (Wildman–Crippen LogP) is 5.32. The molecule has 26 heavy (non-hydrogen) atoms. The largest absolute Gasteiger partial charge is 0.457 e. The summed E-state index contributed by atoms with van der Waals surface area (Å²) in [5.41, 5.74) is 7.48. The number of nitrogens with zero attached hydrogens (tertiary/aromatic N) is 1. The van der Waals surface area contributed by atoms with Crippen LogP contribution >= 0.6 is 23.2 Å². The summed E-state index contributed by atoms with van der Waals surface area (Å²) in [5, 5.41) is 3.74. The molecule has 2 aromatic carbocycles. The summed E-state index contributed by atoms with van der Waals surface area (Å²) in [5.74, 6) is 0.973. The fourth-order valence-electron chi connectivity index (χ4n) is 2.30. The van der Waals surface area contributed by atoms with E-state index in [-0.39, 0.29) is 11.7 Å². The second-order valence-corrected chi connectivity index (χ2v) is 6.44. The summed E-state index contributed by atoms with van der Waals surface area (Å²) < 4.78 is 5.71. The maximum Gasteiger partial charge on any atom is 0.259 e. The number of amides is 1. The molecular formula is C19H15Cl2N3O2. The molecule has 1 amide bonds. The number of aromatic nitrogens is 1. The van der Waals surface area contributed by atoms with Gasteiger partial charge in [0.05, 0.1) is 5.56 Å². The summed E-state index contributed by atoms with van der Waals surface area (Å²) >= 11 is 11.9. The van der Waals surface area contributed by atoms with Crippen LogP contribution in [-0.2, 0) is 0 Å². The average Bonchev–Trinajstić information content (AvgIpc) is 2.55. The number of aryl methyl sites for hydroxylation is 1. The zero-order chi connectivity index (χ0) is 18.7. The number of ether oxygens (including phenoxy) is 1. The van der Waals surface area contributed by atoms with E-state index in [1.165, 1.54) is 0 Å². The van der Waals surface area contributed by atoms with E-state index in [0.29, 0.717) is 32.8 Å². The van der Waals surface area contributed by atoms with Crippen molar-refractivity contribution >= 4 is 40.6 Å². The van der Waals surface area contributed by atoms with Gasteiger partial charge in [0.2, 0.25) is 0 Å². The van der Waals surface area contributed by atoms with Crippen LogP contribution in [0.1, 0.15) is 16.1 Å². The Bertz CT molecular complexity index is 939. The van der Waals surface area contributed by atoms with Crippen LogP contribution < -0.4 is 15.8 Å². The number of hydrogen-bond donors (Lipinski definition) is 2. The third-order valence-corrected chi connectivity index (χ3v) is 3.93. The number of hydrogen-bond acceptors (Lipinski definition) is 4. The predicted molar refractivity (Wildman–Crippen MR) is 104 cm³/mol. The van der Waals surface area contributed by atoms with Gasteiger partial charge in [-0.3, -0.25) is 4.79 Å². The topological polar surface area (TPSA) is 77.2 Å². The number of anilines is 2. The molecule has 0 saturated heterocycles. The second-order valence-electron chi connectivity index (χ2n) is 5.57. The zero-order valence-electron chi connectivity index (χ0n) is 13.8. The number of nitrogens with two attached hydrogens (primary N) is 1. The van der Waals surface area contributed by atoms with Crippen molar-refractivity contribution in [1.82, 2.24) is 4.98 Å². The van der Waals surface area contributed by atoms with E-state index in [1.807, 2.05) is 6.92 Å². The van der Waals surface area contributed by atoms with Gasteiger partial charge in [0.15, 0.2) is 0 Å². The molecule has 3 rings (SSSR count). The quantitative estimate of drug-likeness (QED) is 0.634. The summed E-state index contributed by atoms with van der Waals surface area (Å²) in [4.78, 5) is 16.4. The van der Waals surface area contributed by atoms with Gasteiger partial charge in [0.25, 0.3) is 5.91 Å². The molecule has 0 atom stereocenters. The number of nitrogens with one attached hydrogen (secondary N) is 1. The standard InChI is InChI=1S/C19H15Cl2N3O2/c1-11-2-7-17(18(22)23-11)19(25)24-14-3-5-15(6-4-14)26-16-9-12(20)8-13(21)10-16/h2-10H,1H3,(H2,22,23)(H,24,25). The molecule has 3 N–H and O–H groups in total. The maximum absolute atomic E-state index is 12.3. The molecule has 1 aromatic heterocycles. The molecule has 1 heterocycles. The molecule has 7 heteroatoms. The minimum Gasteiger partial charge on any atom is -0.457 e. The van der Waals surface area contributed by atoms with Crippen LogP contribution in [0.15, 0.2) is 54.6 Å². The minimum atomic E-state index is -0.328. The first-order chi connectivity index (χ1) is 12.4. The van der Waals surface area contributed by atoms with Crippen LogP contribution in [0.3, 0.4) is 0 Å². The first-order valence-electron chi connectivity index (χ1n) is 7.69. The minimum absolute atomic E-state index is 0.195. The van der Waals surface area contributed by atoms with Crippen LogP contribution in [0.2, 0.25) is 10.0 Å². The van der Waals surface area contributed by atoms with E-state index in [0.717, 1.165) is 5.69 Å². The van der Waals surface area contributed by atoms with Crippen LogP contribution in [0.25, 0.3) is 0 Å². The zero-order valence-corrected chi connectivity index (χ0v) is 15.3. The van der Waals surface area contributed by atoms with E-state index in [2.05, 4.69) is 10.3 Å². The van der Waals surface area contributed by atoms with Gasteiger partial charge in [-0.15, -0.1) is 0 Å². The molecule has 3 aromatic rings. The second kappa shape index (κ2) is 7.64. The number of rotatable bonds is 4. The number of benzene rings is 2. The number of halogens is 2. The van der Waals surface area contributed by atoms with Gasteiger partial charge in [-0.25, -0.2) is 4.98 Å². The molecule has 0 aliphatic rings. The molecule has 0 unspecified atom stereocenters. The molecule has 5 nitrogen and oxygen atoms in total. The van der Waals surface area contributed by atoms with Gasteiger partial charge in [0, 0.05) is 21.4 Å². The van der Waals surface area contributed by atoms with Crippen molar-refractivity contribution in [1.29, 1.82) is 0 Å². The number of nitrogen functional groups attached to an aromatic ring is 1. The Hall–Kier alpha value is -2.76. The maximum atomic E-state index is 12.3. The Balaban J connectivity index is 1.70. The van der Waals surface area contributed by atoms with Gasteiger partial charge in [0.1, 0.15) is 17.3 Å². The lowest BCUT2D eigenvalue weighted by Gasteiger charge is -2.10. The van der Waals surface area contributed by atoms with E-state index in [4.69, 9.17) is 33.7 Å². The average molecular weight is 388 g/mol. The SMILES string of the molecule is Cc1ccc(C(=O)Nc2ccc(Oc3cc(Cl)cc(Cl)c3)cc2)c(N)n1. The highest BCUT2D eigenvalue weighted by atomic mass is 35.5. The Kier molecular flexibility index (Phi) is 5.30. The molecule has 0 bridgehead atoms. The Morgan fingerprint density at radius 1 is 1.00 bits per heavy atom. The monoisotopic (exact) mass is 387 g/mol. The van der Waals surface area contributed by atoms with Crippen LogP contribution in [0.5, 0.6) is 11.5 Å². The molecule has 132 valence electrons. The van der Waals surface area contributed by atoms with Crippen molar-refractivity contribution < 1.29 is 9.53 Å². The number of carbonyl (C=O) groups excluding carboxylic acids is 1. The molecular weight excluding hydrogens is 373 g/mol. The van der Waals surface area contributed by atoms with Crippen molar-refractivity contribution in [2.24, 2.45) is 0 Å². The first-order valence-corrected chi connectivity index (χ1v) is 8.45. The van der Waals surface area contributed by atoms with Crippen molar-refractivity contribution in [3.8, 4) is 11.5 Å². The summed E-state index contributed by atoms with van der Waals surface area (Å²) in [7, 11) is 0. The molecule has 0 aliphatic heterocycles. The fraction of sp³-hybridized carbons (Fsp3) is 0.0526. The first kappa shape index (κ1) is 18.0.